The van der Waals surface area contributed by atoms with E-state index in [2.05, 4.69) is 0 Å². The molecule has 4 aliphatic heterocycles. The van der Waals surface area contributed by atoms with Gasteiger partial charge in [-0.25, -0.2) is 8.78 Å². The Labute approximate surface area is 377 Å². The molecule has 2 atom stereocenters. The molecule has 2 amide bonds. The van der Waals surface area contributed by atoms with E-state index in [1.807, 2.05) is 70.7 Å². The number of fused-ring (bicyclic) bond motifs is 10. The maximum atomic E-state index is 14.5. The van der Waals surface area contributed by atoms with Gasteiger partial charge in [0.15, 0.2) is 22.9 Å². The lowest BCUT2D eigenvalue weighted by Crippen LogP contribution is -2.55. The van der Waals surface area contributed by atoms with E-state index in [1.54, 1.807) is 60.1 Å². The summed E-state index contributed by atoms with van der Waals surface area (Å²) in [6.07, 6.45) is 10.0. The van der Waals surface area contributed by atoms with Gasteiger partial charge in [0.2, 0.25) is 10.9 Å². The number of hydrogen-bond acceptors (Lipinski definition) is 10. The zero-order valence-electron chi connectivity index (χ0n) is 35.9. The van der Waals surface area contributed by atoms with Gasteiger partial charge in [-0.1, -0.05) is 72.8 Å². The quantitative estimate of drug-likeness (QED) is 0.193. The minimum absolute atomic E-state index is 0.108. The predicted octanol–water partition coefficient (Wildman–Crippen LogP) is 6.18. The first kappa shape index (κ1) is 43.1. The third-order valence-electron chi connectivity index (χ3n) is 12.1. The molecule has 4 aromatic carbocycles. The first-order chi connectivity index (χ1) is 31.9. The maximum absolute atomic E-state index is 14.5. The van der Waals surface area contributed by atoms with Gasteiger partial charge in [0.25, 0.3) is 11.8 Å². The smallest absolute Gasteiger partial charge is 0.278 e. The Morgan fingerprint density at radius 1 is 0.530 bits per heavy atom. The number of amides is 2. The zero-order chi connectivity index (χ0) is 46.2. The van der Waals surface area contributed by atoms with E-state index in [0.717, 1.165) is 11.1 Å². The fourth-order valence-electron chi connectivity index (χ4n) is 8.76. The molecule has 2 N–H and O–H groups in total. The number of benzene rings is 4. The summed E-state index contributed by atoms with van der Waals surface area (Å²) in [5.74, 6) is -2.02. The van der Waals surface area contributed by atoms with E-state index in [9.17, 15) is 38.2 Å². The Hall–Kier alpha value is -8.14. The number of hydrogen-bond donors (Lipinski definition) is 2. The molecule has 66 heavy (non-hydrogen) atoms. The molecule has 6 aromatic rings. The van der Waals surface area contributed by atoms with Gasteiger partial charge in [-0.2, -0.15) is 0 Å². The number of carbonyl (C=O) groups excluding carboxylic acids is 2. The van der Waals surface area contributed by atoms with Gasteiger partial charge in [0.05, 0.1) is 0 Å². The van der Waals surface area contributed by atoms with Crippen molar-refractivity contribution in [3.63, 3.8) is 0 Å². The molecule has 16 heteroatoms. The number of aromatic hydroxyl groups is 2. The summed E-state index contributed by atoms with van der Waals surface area (Å²) in [5, 5.41) is 24.8. The van der Waals surface area contributed by atoms with E-state index in [4.69, 9.17) is 9.47 Å². The molecule has 14 nitrogen and oxygen atoms in total. The lowest BCUT2D eigenvalue weighted by molar-refractivity contribution is 0.0694. The van der Waals surface area contributed by atoms with Crippen molar-refractivity contribution in [2.45, 2.75) is 25.9 Å². The monoisotopic (exact) mass is 894 g/mol. The third-order valence-corrected chi connectivity index (χ3v) is 12.1. The van der Waals surface area contributed by atoms with Crippen LogP contribution in [0.4, 0.5) is 8.78 Å². The van der Waals surface area contributed by atoms with Gasteiger partial charge in [-0.15, -0.1) is 0 Å². The predicted molar refractivity (Wildman–Crippen MR) is 241 cm³/mol. The second kappa shape index (κ2) is 17.8. The summed E-state index contributed by atoms with van der Waals surface area (Å²) >= 11 is 0. The van der Waals surface area contributed by atoms with Crippen molar-refractivity contribution < 1.29 is 38.1 Å². The summed E-state index contributed by atoms with van der Waals surface area (Å²) in [7, 11) is 0. The molecular formula is C50H44F2N6O8. The van der Waals surface area contributed by atoms with Crippen molar-refractivity contribution in [3.05, 3.63) is 211 Å². The molecule has 0 saturated carbocycles. The fraction of sp³-hybridized carbons (Fsp3) is 0.200. The Morgan fingerprint density at radius 3 is 1.32 bits per heavy atom. The van der Waals surface area contributed by atoms with Gasteiger partial charge in [0.1, 0.15) is 61.8 Å². The van der Waals surface area contributed by atoms with E-state index in [-0.39, 0.29) is 62.7 Å². The van der Waals surface area contributed by atoms with Gasteiger partial charge in [-0.05, 0) is 61.4 Å². The van der Waals surface area contributed by atoms with Gasteiger partial charge >= 0.3 is 0 Å². The molecule has 4 aliphatic rings. The Morgan fingerprint density at radius 2 is 0.924 bits per heavy atom. The number of ether oxygens (including phenoxy) is 2. The van der Waals surface area contributed by atoms with Crippen molar-refractivity contribution in [1.82, 2.24) is 19.2 Å². The lowest BCUT2D eigenvalue weighted by Gasteiger charge is -2.44. The molecule has 0 saturated heterocycles. The first-order valence-electron chi connectivity index (χ1n) is 21.2. The largest absolute Gasteiger partial charge is 0.502 e. The molecule has 0 unspecified atom stereocenters. The molecule has 6 heterocycles. The Balaban J connectivity index is 0.000000166. The number of halogens is 2. The molecule has 0 aliphatic carbocycles. The minimum atomic E-state index is -0.630. The number of rotatable bonds is 2. The van der Waals surface area contributed by atoms with Crippen molar-refractivity contribution in [3.8, 4) is 23.0 Å². The van der Waals surface area contributed by atoms with E-state index in [0.29, 0.717) is 33.8 Å². The van der Waals surface area contributed by atoms with Crippen LogP contribution in [0, 0.1) is 25.5 Å². The van der Waals surface area contributed by atoms with Crippen molar-refractivity contribution in [2.24, 2.45) is 0 Å². The topological polar surface area (TPSA) is 150 Å². The fourth-order valence-corrected chi connectivity index (χ4v) is 8.76. The average molecular weight is 895 g/mol. The molecule has 336 valence electrons. The summed E-state index contributed by atoms with van der Waals surface area (Å²) in [4.78, 5) is 53.9. The SMILES string of the molecule is Cc1c(F)ccc2c1OC/C=C\CN1CN([C@@H]2c2ccccc2)n2ccc(=O)c(O)c2C1=O.Cc1c(F)ccc2c1OC/C=C\CN1CN([C@H]2c2ccccc2)n2ccc(=O)c(O)c2C1=O. The van der Waals surface area contributed by atoms with Crippen molar-refractivity contribution >= 4 is 11.8 Å². The van der Waals surface area contributed by atoms with E-state index in [1.165, 1.54) is 46.0 Å². The number of aromatic nitrogens is 2. The zero-order valence-corrected chi connectivity index (χ0v) is 35.9. The summed E-state index contributed by atoms with van der Waals surface area (Å²) in [6, 6.07) is 26.7. The standard InChI is InChI=1S/2C25H22FN3O4/c2*1-16-19(26)10-9-18-21(17-7-3-2-4-8-17)29-15-27(12-5-6-14-33-24(16)18)25(32)22-23(31)20(30)11-13-28(22)29/h2*2-11,13,21,31H,12,14-15H2,1H3/b2*6-5-/t2*21-/m10/s1. The molecule has 0 fully saturated rings. The summed E-state index contributed by atoms with van der Waals surface area (Å²) in [5.41, 5.74) is 2.44. The van der Waals surface area contributed by atoms with Crippen LogP contribution in [-0.2, 0) is 0 Å². The first-order valence-corrected chi connectivity index (χ1v) is 21.2. The molecule has 2 aromatic heterocycles. The van der Waals surface area contributed by atoms with Crippen molar-refractivity contribution in [1.29, 1.82) is 0 Å². The van der Waals surface area contributed by atoms with Crippen LogP contribution in [0.5, 0.6) is 23.0 Å². The maximum Gasteiger partial charge on any atom is 0.278 e. The highest BCUT2D eigenvalue weighted by Gasteiger charge is 2.39. The van der Waals surface area contributed by atoms with Gasteiger partial charge in [-0.3, -0.25) is 38.5 Å². The number of carbonyl (C=O) groups is 2. The van der Waals surface area contributed by atoms with Crippen LogP contribution < -0.4 is 30.3 Å². The molecule has 0 spiro atoms. The van der Waals surface area contributed by atoms with Gasteiger partial charge in [0, 0.05) is 59.9 Å². The van der Waals surface area contributed by atoms with Crippen LogP contribution in [0.25, 0.3) is 0 Å². The second-order valence-electron chi connectivity index (χ2n) is 16.0. The summed E-state index contributed by atoms with van der Waals surface area (Å²) < 4.78 is 44.1. The highest BCUT2D eigenvalue weighted by molar-refractivity contribution is 5.97. The van der Waals surface area contributed by atoms with Crippen LogP contribution in [0.3, 0.4) is 0 Å². The molecule has 10 rings (SSSR count). The lowest BCUT2D eigenvalue weighted by atomic mass is 9.95. The molecular weight excluding hydrogens is 851 g/mol. The Kier molecular flexibility index (Phi) is 11.6. The normalized spacial score (nSPS) is 18.6. The third kappa shape index (κ3) is 7.69. The second-order valence-corrected chi connectivity index (χ2v) is 16.0. The van der Waals surface area contributed by atoms with Crippen molar-refractivity contribution in [2.75, 3.05) is 49.7 Å². The molecule has 0 radical (unpaired) electrons. The highest BCUT2D eigenvalue weighted by atomic mass is 19.1. The van der Waals surface area contributed by atoms with Gasteiger partial charge < -0.3 is 29.5 Å². The number of pyridine rings is 2. The average Bonchev–Trinajstić information content (AvgIpc) is 3.38. The van der Waals surface area contributed by atoms with E-state index < -0.39 is 46.3 Å². The van der Waals surface area contributed by atoms with Crippen LogP contribution in [0.15, 0.2) is 143 Å². The van der Waals surface area contributed by atoms with Crippen LogP contribution in [0.1, 0.15) is 66.4 Å². The van der Waals surface area contributed by atoms with Crippen LogP contribution in [-0.4, -0.2) is 80.8 Å². The Bertz CT molecular complexity index is 2840. The minimum Gasteiger partial charge on any atom is -0.502 e. The molecule has 4 bridgehead atoms. The highest BCUT2D eigenvalue weighted by Crippen LogP contribution is 2.41. The number of nitrogens with zero attached hydrogens (tertiary/aromatic N) is 6. The summed E-state index contributed by atoms with van der Waals surface area (Å²) in [6.45, 7) is 4.61. The van der Waals surface area contributed by atoms with Crippen LogP contribution in [0.2, 0.25) is 0 Å². The van der Waals surface area contributed by atoms with E-state index >= 15 is 0 Å². The van der Waals surface area contributed by atoms with Crippen LogP contribution >= 0.6 is 0 Å².